The minimum absolute atomic E-state index is 0.319. The van der Waals surface area contributed by atoms with Crippen molar-refractivity contribution in [2.45, 2.75) is 70.2 Å². The van der Waals surface area contributed by atoms with Crippen LogP contribution in [0.2, 0.25) is 5.02 Å². The number of aryl methyl sites for hydroxylation is 2. The highest BCUT2D eigenvalue weighted by Crippen LogP contribution is 2.53. The molecule has 0 bridgehead atoms. The van der Waals surface area contributed by atoms with Gasteiger partial charge in [-0.2, -0.15) is 0 Å². The van der Waals surface area contributed by atoms with Crippen molar-refractivity contribution in [1.29, 1.82) is 0 Å². The van der Waals surface area contributed by atoms with Crippen molar-refractivity contribution in [3.8, 4) is 16.9 Å². The molecule has 2 aromatic carbocycles. The van der Waals surface area contributed by atoms with Gasteiger partial charge in [-0.25, -0.2) is 0 Å². The van der Waals surface area contributed by atoms with Gasteiger partial charge in [-0.1, -0.05) is 49.2 Å². The summed E-state index contributed by atoms with van der Waals surface area (Å²) in [6.45, 7) is 6.59. The van der Waals surface area contributed by atoms with Crippen LogP contribution in [0.3, 0.4) is 0 Å². The molecule has 0 saturated heterocycles. The molecule has 3 aromatic rings. The minimum atomic E-state index is -0.319. The van der Waals surface area contributed by atoms with Gasteiger partial charge in [-0.3, -0.25) is 4.98 Å². The fourth-order valence-corrected chi connectivity index (χ4v) is 4.69. The van der Waals surface area contributed by atoms with E-state index < -0.39 is 0 Å². The van der Waals surface area contributed by atoms with Crippen LogP contribution in [0.25, 0.3) is 11.1 Å². The van der Waals surface area contributed by atoms with E-state index in [1.165, 1.54) is 11.1 Å². The second-order valence-electron chi connectivity index (χ2n) is 9.34. The molecule has 4 heteroatoms. The Labute approximate surface area is 202 Å². The normalized spacial score (nSPS) is 16.6. The van der Waals surface area contributed by atoms with Crippen molar-refractivity contribution in [2.75, 3.05) is 0 Å². The van der Waals surface area contributed by atoms with E-state index in [0.29, 0.717) is 12.7 Å². The van der Waals surface area contributed by atoms with Crippen LogP contribution in [0.15, 0.2) is 54.9 Å². The van der Waals surface area contributed by atoms with Gasteiger partial charge in [0.25, 0.3) is 0 Å². The zero-order chi connectivity index (χ0) is 22.8. The van der Waals surface area contributed by atoms with Crippen molar-refractivity contribution >= 4 is 11.6 Å². The maximum absolute atomic E-state index is 6.65. The van der Waals surface area contributed by atoms with E-state index in [4.69, 9.17) is 21.1 Å². The molecule has 0 spiro atoms. The van der Waals surface area contributed by atoms with Gasteiger partial charge in [0.2, 0.25) is 0 Å². The number of nitrogens with zero attached hydrogens (tertiary/aromatic N) is 1. The van der Waals surface area contributed by atoms with E-state index >= 15 is 0 Å². The number of halogens is 1. The molecule has 1 radical (unpaired) electrons. The van der Waals surface area contributed by atoms with E-state index in [1.54, 1.807) is 0 Å². The molecule has 1 aromatic heterocycles. The first kappa shape index (κ1) is 22.4. The fraction of sp³-hybridized carbons (Fsp3) is 0.379. The van der Waals surface area contributed by atoms with E-state index in [1.807, 2.05) is 18.5 Å². The SMILES string of the molecule is [CH2]CCCc1cc(Cl)c(COC2(c3cnccc3-c3ccccc3OC3CC3)CC2)cc1C. The van der Waals surface area contributed by atoms with Crippen LogP contribution in [-0.2, 0) is 23.4 Å². The second kappa shape index (κ2) is 9.48. The Bertz CT molecular complexity index is 1130. The summed E-state index contributed by atoms with van der Waals surface area (Å²) in [4.78, 5) is 4.45. The first-order valence-corrected chi connectivity index (χ1v) is 12.4. The van der Waals surface area contributed by atoms with Gasteiger partial charge in [0.05, 0.1) is 18.3 Å². The number of ether oxygens (including phenoxy) is 2. The van der Waals surface area contributed by atoms with Crippen molar-refractivity contribution < 1.29 is 9.47 Å². The number of unbranched alkanes of at least 4 members (excludes halogenated alkanes) is 1. The highest BCUT2D eigenvalue weighted by molar-refractivity contribution is 6.31. The minimum Gasteiger partial charge on any atom is -0.490 e. The van der Waals surface area contributed by atoms with Crippen LogP contribution in [0.4, 0.5) is 0 Å². The van der Waals surface area contributed by atoms with Crippen LogP contribution in [0.5, 0.6) is 5.75 Å². The summed E-state index contributed by atoms with van der Waals surface area (Å²) in [5.41, 5.74) is 6.68. The molecule has 0 unspecified atom stereocenters. The number of para-hydroxylation sites is 1. The number of benzene rings is 2. The highest BCUT2D eigenvalue weighted by atomic mass is 35.5. The van der Waals surface area contributed by atoms with Crippen molar-refractivity contribution in [2.24, 2.45) is 0 Å². The standard InChI is InChI=1S/C29H31ClNO2/c1-3-4-7-21-17-27(30)22(16-20(21)2)19-32-29(13-14-29)26-18-31-15-12-24(26)25-8-5-6-9-28(25)33-23-10-11-23/h5-6,8-9,12,15-18,23H,1,3-4,7,10-11,13-14,19H2,2H3. The maximum atomic E-state index is 6.65. The molecule has 2 aliphatic carbocycles. The maximum Gasteiger partial charge on any atom is 0.127 e. The third kappa shape index (κ3) is 4.95. The topological polar surface area (TPSA) is 31.4 Å². The Balaban J connectivity index is 1.39. The zero-order valence-corrected chi connectivity index (χ0v) is 20.0. The van der Waals surface area contributed by atoms with Crippen molar-refractivity contribution in [1.82, 2.24) is 4.98 Å². The van der Waals surface area contributed by atoms with Gasteiger partial charge in [-0.15, -0.1) is 0 Å². The summed E-state index contributed by atoms with van der Waals surface area (Å²) in [5, 5.41) is 0.782. The number of rotatable bonds is 10. The molecule has 33 heavy (non-hydrogen) atoms. The summed E-state index contributed by atoms with van der Waals surface area (Å²) < 4.78 is 12.8. The average Bonchev–Trinajstić information content (AvgIpc) is 3.76. The molecule has 1 heterocycles. The van der Waals surface area contributed by atoms with Crippen LogP contribution in [-0.4, -0.2) is 11.1 Å². The zero-order valence-electron chi connectivity index (χ0n) is 19.3. The number of hydrogen-bond acceptors (Lipinski definition) is 3. The summed E-state index contributed by atoms with van der Waals surface area (Å²) in [5.74, 6) is 0.944. The van der Waals surface area contributed by atoms with Gasteiger partial charge in [0.1, 0.15) is 5.75 Å². The molecule has 0 aliphatic heterocycles. The van der Waals surface area contributed by atoms with E-state index in [0.717, 1.165) is 78.0 Å². The van der Waals surface area contributed by atoms with E-state index in [9.17, 15) is 0 Å². The lowest BCUT2D eigenvalue weighted by atomic mass is 9.96. The monoisotopic (exact) mass is 460 g/mol. The Kier molecular flexibility index (Phi) is 6.44. The average molecular weight is 461 g/mol. The molecular weight excluding hydrogens is 430 g/mol. The Morgan fingerprint density at radius 2 is 1.91 bits per heavy atom. The molecule has 2 aliphatic rings. The van der Waals surface area contributed by atoms with Crippen LogP contribution in [0.1, 0.15) is 60.8 Å². The fourth-order valence-electron chi connectivity index (χ4n) is 4.45. The third-order valence-corrected chi connectivity index (χ3v) is 7.07. The number of pyridine rings is 1. The van der Waals surface area contributed by atoms with E-state index in [2.05, 4.69) is 55.2 Å². The summed E-state index contributed by atoms with van der Waals surface area (Å²) >= 11 is 6.65. The quantitative estimate of drug-likeness (QED) is 0.312. The molecule has 3 nitrogen and oxygen atoms in total. The first-order valence-electron chi connectivity index (χ1n) is 12.0. The molecule has 2 saturated carbocycles. The number of aromatic nitrogens is 1. The summed E-state index contributed by atoms with van der Waals surface area (Å²) in [6.07, 6.45) is 11.4. The molecule has 2 fully saturated rings. The predicted molar refractivity (Wildman–Crippen MR) is 134 cm³/mol. The summed E-state index contributed by atoms with van der Waals surface area (Å²) in [6, 6.07) is 14.7. The lowest BCUT2D eigenvalue weighted by molar-refractivity contribution is 0.0173. The smallest absolute Gasteiger partial charge is 0.127 e. The molecule has 0 N–H and O–H groups in total. The van der Waals surface area contributed by atoms with Crippen LogP contribution < -0.4 is 4.74 Å². The molecule has 171 valence electrons. The van der Waals surface area contributed by atoms with Crippen LogP contribution in [0, 0.1) is 13.8 Å². The van der Waals surface area contributed by atoms with Crippen LogP contribution >= 0.6 is 11.6 Å². The Morgan fingerprint density at radius 1 is 1.09 bits per heavy atom. The Morgan fingerprint density at radius 3 is 2.67 bits per heavy atom. The highest BCUT2D eigenvalue weighted by Gasteiger charge is 2.47. The third-order valence-electron chi connectivity index (χ3n) is 6.72. The van der Waals surface area contributed by atoms with Gasteiger partial charge < -0.3 is 9.47 Å². The molecular formula is C29H31ClNO2. The van der Waals surface area contributed by atoms with Gasteiger partial charge in [0.15, 0.2) is 0 Å². The lowest BCUT2D eigenvalue weighted by Crippen LogP contribution is -2.14. The first-order chi connectivity index (χ1) is 16.1. The van der Waals surface area contributed by atoms with Gasteiger partial charge in [0, 0.05) is 28.5 Å². The second-order valence-corrected chi connectivity index (χ2v) is 9.75. The molecule has 0 atom stereocenters. The predicted octanol–water partition coefficient (Wildman–Crippen LogP) is 7.61. The molecule has 0 amide bonds. The molecule has 5 rings (SSSR count). The van der Waals surface area contributed by atoms with Crippen molar-refractivity contribution in [3.05, 3.63) is 89.1 Å². The van der Waals surface area contributed by atoms with E-state index in [-0.39, 0.29) is 5.60 Å². The van der Waals surface area contributed by atoms with Crippen molar-refractivity contribution in [3.63, 3.8) is 0 Å². The number of hydrogen-bond donors (Lipinski definition) is 0. The van der Waals surface area contributed by atoms with Gasteiger partial charge >= 0.3 is 0 Å². The van der Waals surface area contributed by atoms with Gasteiger partial charge in [-0.05, 0) is 85.9 Å². The summed E-state index contributed by atoms with van der Waals surface area (Å²) in [7, 11) is 0. The lowest BCUT2D eigenvalue weighted by Gasteiger charge is -2.22. The Hall–Kier alpha value is -2.36. The largest absolute Gasteiger partial charge is 0.490 e.